The maximum absolute atomic E-state index is 11.9. The number of hydrogen-bond donors (Lipinski definition) is 1. The molecule has 0 saturated carbocycles. The van der Waals surface area contributed by atoms with Crippen molar-refractivity contribution in [2.45, 2.75) is 13.3 Å². The van der Waals surface area contributed by atoms with Crippen LogP contribution in [0.15, 0.2) is 10.6 Å². The number of likely N-dealkylation sites (N-methyl/N-ethyl adjacent to an activating group) is 1. The van der Waals surface area contributed by atoms with Crippen LogP contribution in [0.25, 0.3) is 0 Å². The number of carbonyl (C=O) groups excluding carboxylic acids is 1. The first-order valence-electron chi connectivity index (χ1n) is 6.28. The van der Waals surface area contributed by atoms with Gasteiger partial charge in [0.25, 0.3) is 0 Å². The Labute approximate surface area is 107 Å². The summed E-state index contributed by atoms with van der Waals surface area (Å²) < 4.78 is 4.94. The molecule has 0 spiro atoms. The van der Waals surface area contributed by atoms with Crippen LogP contribution in [0, 0.1) is 6.92 Å². The fourth-order valence-corrected chi connectivity index (χ4v) is 1.96. The third kappa shape index (κ3) is 3.46. The molecule has 1 saturated heterocycles. The van der Waals surface area contributed by atoms with Gasteiger partial charge in [0.05, 0.1) is 0 Å². The van der Waals surface area contributed by atoms with Crippen LogP contribution in [-0.2, 0) is 4.79 Å². The molecular formula is C12H20N4O2. The van der Waals surface area contributed by atoms with Gasteiger partial charge in [-0.15, -0.1) is 0 Å². The summed E-state index contributed by atoms with van der Waals surface area (Å²) in [5, 5.41) is 6.90. The van der Waals surface area contributed by atoms with E-state index < -0.39 is 0 Å². The Morgan fingerprint density at radius 3 is 2.78 bits per heavy atom. The van der Waals surface area contributed by atoms with Gasteiger partial charge in [0.1, 0.15) is 5.76 Å². The summed E-state index contributed by atoms with van der Waals surface area (Å²) in [5.41, 5.74) is 0. The molecule has 2 heterocycles. The quantitative estimate of drug-likeness (QED) is 0.848. The summed E-state index contributed by atoms with van der Waals surface area (Å²) in [5.74, 6) is 1.66. The minimum absolute atomic E-state index is 0.204. The van der Waals surface area contributed by atoms with Crippen LogP contribution in [-0.4, -0.2) is 60.6 Å². The van der Waals surface area contributed by atoms with Crippen molar-refractivity contribution in [3.63, 3.8) is 0 Å². The summed E-state index contributed by atoms with van der Waals surface area (Å²) in [7, 11) is 2.08. The van der Waals surface area contributed by atoms with E-state index in [-0.39, 0.29) is 5.91 Å². The van der Waals surface area contributed by atoms with Gasteiger partial charge < -0.3 is 19.6 Å². The van der Waals surface area contributed by atoms with Crippen molar-refractivity contribution in [2.24, 2.45) is 0 Å². The van der Waals surface area contributed by atoms with Gasteiger partial charge in [-0.1, -0.05) is 5.16 Å². The number of carbonyl (C=O) groups is 1. The van der Waals surface area contributed by atoms with Gasteiger partial charge in [-0.2, -0.15) is 0 Å². The van der Waals surface area contributed by atoms with Crippen LogP contribution in [0.3, 0.4) is 0 Å². The lowest BCUT2D eigenvalue weighted by Crippen LogP contribution is -2.47. The molecule has 1 aliphatic rings. The summed E-state index contributed by atoms with van der Waals surface area (Å²) >= 11 is 0. The molecule has 0 aliphatic carbocycles. The van der Waals surface area contributed by atoms with E-state index in [2.05, 4.69) is 22.4 Å². The Morgan fingerprint density at radius 2 is 2.17 bits per heavy atom. The highest BCUT2D eigenvalue weighted by atomic mass is 16.5. The van der Waals surface area contributed by atoms with Crippen molar-refractivity contribution in [1.29, 1.82) is 0 Å². The first kappa shape index (κ1) is 12.9. The molecule has 2 rings (SSSR count). The third-order valence-electron chi connectivity index (χ3n) is 3.13. The van der Waals surface area contributed by atoms with Crippen LogP contribution in [0.1, 0.15) is 12.2 Å². The number of hydrogen-bond acceptors (Lipinski definition) is 5. The van der Waals surface area contributed by atoms with Crippen LogP contribution in [0.4, 0.5) is 5.82 Å². The van der Waals surface area contributed by atoms with Crippen molar-refractivity contribution in [1.82, 2.24) is 15.0 Å². The normalized spacial score (nSPS) is 16.9. The van der Waals surface area contributed by atoms with E-state index in [1.807, 2.05) is 17.9 Å². The van der Waals surface area contributed by atoms with E-state index in [9.17, 15) is 4.79 Å². The molecule has 1 fully saturated rings. The number of aryl methyl sites for hydroxylation is 1. The Kier molecular flexibility index (Phi) is 4.19. The maximum Gasteiger partial charge on any atom is 0.224 e. The molecule has 0 atom stereocenters. The highest BCUT2D eigenvalue weighted by Gasteiger charge is 2.18. The van der Waals surface area contributed by atoms with E-state index in [0.717, 1.165) is 31.9 Å². The van der Waals surface area contributed by atoms with Crippen LogP contribution >= 0.6 is 0 Å². The Balaban J connectivity index is 1.68. The number of anilines is 1. The van der Waals surface area contributed by atoms with E-state index >= 15 is 0 Å². The predicted octanol–water partition coefficient (Wildman–Crippen LogP) is 0.559. The number of piperazine rings is 1. The Hall–Kier alpha value is -1.56. The molecule has 1 aromatic heterocycles. The van der Waals surface area contributed by atoms with Gasteiger partial charge in [0.15, 0.2) is 5.82 Å². The van der Waals surface area contributed by atoms with E-state index in [0.29, 0.717) is 18.8 Å². The van der Waals surface area contributed by atoms with Crippen LogP contribution in [0.5, 0.6) is 0 Å². The van der Waals surface area contributed by atoms with Crippen LogP contribution < -0.4 is 5.32 Å². The molecule has 6 heteroatoms. The van der Waals surface area contributed by atoms with Crippen molar-refractivity contribution in [3.05, 3.63) is 11.8 Å². The SMILES string of the molecule is Cc1cc(NCCC(=O)N2CCN(C)CC2)no1. The summed E-state index contributed by atoms with van der Waals surface area (Å²) in [6.45, 7) is 6.02. The van der Waals surface area contributed by atoms with Crippen molar-refractivity contribution < 1.29 is 9.32 Å². The molecule has 0 bridgehead atoms. The zero-order valence-corrected chi connectivity index (χ0v) is 11.0. The molecule has 6 nitrogen and oxygen atoms in total. The molecule has 18 heavy (non-hydrogen) atoms. The molecule has 100 valence electrons. The second-order valence-electron chi connectivity index (χ2n) is 4.68. The number of aromatic nitrogens is 1. The number of nitrogens with one attached hydrogen (secondary N) is 1. The maximum atomic E-state index is 11.9. The average molecular weight is 252 g/mol. The lowest BCUT2D eigenvalue weighted by Gasteiger charge is -2.32. The molecule has 0 radical (unpaired) electrons. The Bertz CT molecular complexity index is 397. The smallest absolute Gasteiger partial charge is 0.224 e. The standard InChI is InChI=1S/C12H20N4O2/c1-10-9-11(14-18-10)13-4-3-12(17)16-7-5-15(2)6-8-16/h9H,3-8H2,1-2H3,(H,13,14). The van der Waals surface area contributed by atoms with E-state index in [1.54, 1.807) is 0 Å². The molecule has 1 aliphatic heterocycles. The summed E-state index contributed by atoms with van der Waals surface area (Å²) in [6.07, 6.45) is 0.496. The number of nitrogens with zero attached hydrogens (tertiary/aromatic N) is 3. The minimum Gasteiger partial charge on any atom is -0.367 e. The van der Waals surface area contributed by atoms with Gasteiger partial charge in [-0.25, -0.2) is 0 Å². The number of amides is 1. The second kappa shape index (κ2) is 5.86. The number of rotatable bonds is 4. The van der Waals surface area contributed by atoms with E-state index in [4.69, 9.17) is 4.52 Å². The van der Waals surface area contributed by atoms with Gasteiger partial charge >= 0.3 is 0 Å². The Morgan fingerprint density at radius 1 is 1.44 bits per heavy atom. The first-order valence-corrected chi connectivity index (χ1v) is 6.28. The van der Waals surface area contributed by atoms with Crippen molar-refractivity contribution in [3.8, 4) is 0 Å². The topological polar surface area (TPSA) is 61.6 Å². The largest absolute Gasteiger partial charge is 0.367 e. The van der Waals surface area contributed by atoms with Gasteiger partial charge in [-0.3, -0.25) is 4.79 Å². The lowest BCUT2D eigenvalue weighted by molar-refractivity contribution is -0.132. The van der Waals surface area contributed by atoms with Gasteiger partial charge in [0.2, 0.25) is 5.91 Å². The highest BCUT2D eigenvalue weighted by molar-refractivity contribution is 5.76. The zero-order valence-electron chi connectivity index (χ0n) is 11.0. The summed E-state index contributed by atoms with van der Waals surface area (Å²) in [6, 6.07) is 1.82. The fourth-order valence-electron chi connectivity index (χ4n) is 1.96. The van der Waals surface area contributed by atoms with Gasteiger partial charge in [-0.05, 0) is 14.0 Å². The molecule has 1 aromatic rings. The molecule has 0 unspecified atom stereocenters. The fraction of sp³-hybridized carbons (Fsp3) is 0.667. The molecule has 1 N–H and O–H groups in total. The summed E-state index contributed by atoms with van der Waals surface area (Å²) in [4.78, 5) is 16.1. The molecule has 1 amide bonds. The zero-order chi connectivity index (χ0) is 13.0. The second-order valence-corrected chi connectivity index (χ2v) is 4.68. The van der Waals surface area contributed by atoms with E-state index in [1.165, 1.54) is 0 Å². The lowest BCUT2D eigenvalue weighted by atomic mass is 10.3. The highest BCUT2D eigenvalue weighted by Crippen LogP contribution is 2.07. The predicted molar refractivity (Wildman–Crippen MR) is 68.4 cm³/mol. The average Bonchev–Trinajstić information content (AvgIpc) is 2.76. The van der Waals surface area contributed by atoms with Crippen LogP contribution in [0.2, 0.25) is 0 Å². The van der Waals surface area contributed by atoms with Gasteiger partial charge in [0, 0.05) is 45.2 Å². The molecule has 0 aromatic carbocycles. The molecular weight excluding hydrogens is 232 g/mol. The third-order valence-corrected chi connectivity index (χ3v) is 3.13. The minimum atomic E-state index is 0.204. The van der Waals surface area contributed by atoms with Crippen molar-refractivity contribution >= 4 is 11.7 Å². The monoisotopic (exact) mass is 252 g/mol. The first-order chi connectivity index (χ1) is 8.65. The van der Waals surface area contributed by atoms with Crippen molar-refractivity contribution in [2.75, 3.05) is 45.1 Å².